The highest BCUT2D eigenvalue weighted by molar-refractivity contribution is 7.99. The summed E-state index contributed by atoms with van der Waals surface area (Å²) in [4.78, 5) is 4.50. The first-order valence-electron chi connectivity index (χ1n) is 5.40. The largest absolute Gasteiger partial charge is 0.221 e. The second-order valence-electron chi connectivity index (χ2n) is 4.11. The van der Waals surface area contributed by atoms with Crippen molar-refractivity contribution in [3.05, 3.63) is 29.2 Å². The first-order chi connectivity index (χ1) is 7.81. The van der Waals surface area contributed by atoms with Crippen molar-refractivity contribution in [2.45, 2.75) is 12.8 Å². The Hall–Kier alpha value is -0.740. The Morgan fingerprint density at radius 2 is 2.50 bits per heavy atom. The third kappa shape index (κ3) is 2.04. The Labute approximate surface area is 103 Å². The molecule has 0 N–H and O–H groups in total. The van der Waals surface area contributed by atoms with Crippen molar-refractivity contribution in [3.8, 4) is 0 Å². The molecule has 0 spiro atoms. The Balaban J connectivity index is 1.86. The van der Waals surface area contributed by atoms with E-state index in [1.54, 1.807) is 4.52 Å². The summed E-state index contributed by atoms with van der Waals surface area (Å²) in [5.41, 5.74) is 0.841. The Morgan fingerprint density at radius 3 is 3.31 bits per heavy atom. The smallest absolute Gasteiger partial charge is 0.157 e. The second-order valence-corrected chi connectivity index (χ2v) is 5.70. The number of hydrogen-bond donors (Lipinski definition) is 0. The Morgan fingerprint density at radius 1 is 1.56 bits per heavy atom. The van der Waals surface area contributed by atoms with Gasteiger partial charge in [-0.15, -0.1) is 0 Å². The average Bonchev–Trinajstić information content (AvgIpc) is 2.86. The predicted molar refractivity (Wildman–Crippen MR) is 67.1 cm³/mol. The van der Waals surface area contributed by atoms with Crippen LogP contribution in [0.5, 0.6) is 0 Å². The van der Waals surface area contributed by atoms with Crippen molar-refractivity contribution in [1.29, 1.82) is 0 Å². The number of nitrogens with zero attached hydrogens (tertiary/aromatic N) is 3. The van der Waals surface area contributed by atoms with Gasteiger partial charge in [0.25, 0.3) is 0 Å². The molecule has 1 aliphatic heterocycles. The lowest BCUT2D eigenvalue weighted by atomic mass is 10.1. The van der Waals surface area contributed by atoms with E-state index in [1.807, 2.05) is 30.1 Å². The van der Waals surface area contributed by atoms with Gasteiger partial charge in [0, 0.05) is 23.7 Å². The molecule has 5 heteroatoms. The monoisotopic (exact) mass is 253 g/mol. The van der Waals surface area contributed by atoms with E-state index in [0.717, 1.165) is 23.8 Å². The third-order valence-electron chi connectivity index (χ3n) is 2.84. The van der Waals surface area contributed by atoms with Gasteiger partial charge in [0.1, 0.15) is 0 Å². The lowest BCUT2D eigenvalue weighted by Gasteiger charge is -2.02. The number of hydrogen-bond acceptors (Lipinski definition) is 3. The number of fused-ring (bicyclic) bond motifs is 1. The van der Waals surface area contributed by atoms with Gasteiger partial charge in [-0.25, -0.2) is 9.50 Å². The molecule has 1 atom stereocenters. The SMILES string of the molecule is Clc1ccn2nc(CC3CCSC3)nc2c1. The van der Waals surface area contributed by atoms with E-state index in [0.29, 0.717) is 5.02 Å². The molecule has 0 aliphatic carbocycles. The van der Waals surface area contributed by atoms with Gasteiger partial charge in [-0.2, -0.15) is 16.9 Å². The Bertz CT molecular complexity index is 505. The first kappa shape index (κ1) is 10.4. The van der Waals surface area contributed by atoms with Gasteiger partial charge in [-0.05, 0) is 29.9 Å². The van der Waals surface area contributed by atoms with Crippen LogP contribution in [0.2, 0.25) is 5.02 Å². The molecule has 2 aromatic rings. The van der Waals surface area contributed by atoms with Gasteiger partial charge in [0.2, 0.25) is 0 Å². The lowest BCUT2D eigenvalue weighted by molar-refractivity contribution is 0.575. The van der Waals surface area contributed by atoms with E-state index in [4.69, 9.17) is 11.6 Å². The summed E-state index contributed by atoms with van der Waals surface area (Å²) in [6.07, 6.45) is 4.14. The minimum atomic E-state index is 0.711. The van der Waals surface area contributed by atoms with Crippen LogP contribution < -0.4 is 0 Å². The summed E-state index contributed by atoms with van der Waals surface area (Å²) in [6.45, 7) is 0. The third-order valence-corrected chi connectivity index (χ3v) is 4.31. The number of aromatic nitrogens is 3. The topological polar surface area (TPSA) is 30.2 Å². The molecule has 2 aromatic heterocycles. The van der Waals surface area contributed by atoms with Gasteiger partial charge >= 0.3 is 0 Å². The van der Waals surface area contributed by atoms with E-state index < -0.39 is 0 Å². The second kappa shape index (κ2) is 4.26. The fraction of sp³-hybridized carbons (Fsp3) is 0.455. The number of halogens is 1. The minimum absolute atomic E-state index is 0.711. The molecule has 0 aromatic carbocycles. The summed E-state index contributed by atoms with van der Waals surface area (Å²) < 4.78 is 1.79. The van der Waals surface area contributed by atoms with Crippen molar-refractivity contribution in [2.24, 2.45) is 5.92 Å². The maximum absolute atomic E-state index is 5.91. The van der Waals surface area contributed by atoms with E-state index in [2.05, 4.69) is 10.1 Å². The summed E-state index contributed by atoms with van der Waals surface area (Å²) in [6, 6.07) is 3.68. The molecule has 0 radical (unpaired) electrons. The molecule has 84 valence electrons. The highest BCUT2D eigenvalue weighted by Gasteiger charge is 2.18. The maximum Gasteiger partial charge on any atom is 0.157 e. The first-order valence-corrected chi connectivity index (χ1v) is 6.93. The standard InChI is InChI=1S/C11H12ClN3S/c12-9-1-3-15-11(6-9)13-10(14-15)5-8-2-4-16-7-8/h1,3,6,8H,2,4-5,7H2. The van der Waals surface area contributed by atoms with Crippen molar-refractivity contribution in [1.82, 2.24) is 14.6 Å². The molecule has 1 unspecified atom stereocenters. The van der Waals surface area contributed by atoms with Crippen molar-refractivity contribution in [2.75, 3.05) is 11.5 Å². The maximum atomic E-state index is 5.91. The van der Waals surface area contributed by atoms with Gasteiger partial charge in [-0.1, -0.05) is 11.6 Å². The molecule has 3 rings (SSSR count). The molecule has 0 saturated carbocycles. The summed E-state index contributed by atoms with van der Waals surface area (Å²) >= 11 is 7.94. The van der Waals surface area contributed by atoms with Crippen LogP contribution >= 0.6 is 23.4 Å². The zero-order chi connectivity index (χ0) is 11.0. The van der Waals surface area contributed by atoms with Crippen molar-refractivity contribution >= 4 is 29.0 Å². The molecule has 16 heavy (non-hydrogen) atoms. The lowest BCUT2D eigenvalue weighted by Crippen LogP contribution is -2.04. The van der Waals surface area contributed by atoms with Crippen molar-refractivity contribution in [3.63, 3.8) is 0 Å². The van der Waals surface area contributed by atoms with Crippen LogP contribution in [0.3, 0.4) is 0 Å². The fourth-order valence-corrected chi connectivity index (χ4v) is 3.43. The van der Waals surface area contributed by atoms with Crippen LogP contribution in [-0.4, -0.2) is 26.1 Å². The number of thioether (sulfide) groups is 1. The van der Waals surface area contributed by atoms with Crippen LogP contribution in [0.1, 0.15) is 12.2 Å². The van der Waals surface area contributed by atoms with Gasteiger partial charge in [0.05, 0.1) is 0 Å². The van der Waals surface area contributed by atoms with E-state index >= 15 is 0 Å². The highest BCUT2D eigenvalue weighted by atomic mass is 35.5. The number of pyridine rings is 1. The zero-order valence-corrected chi connectivity index (χ0v) is 10.3. The molecule has 3 nitrogen and oxygen atoms in total. The molecule has 1 fully saturated rings. The summed E-state index contributed by atoms with van der Waals surface area (Å²) in [5.74, 6) is 4.22. The van der Waals surface area contributed by atoms with Crippen LogP contribution in [0.4, 0.5) is 0 Å². The minimum Gasteiger partial charge on any atom is -0.221 e. The molecular formula is C11H12ClN3S. The Kier molecular flexibility index (Phi) is 2.77. The summed E-state index contributed by atoms with van der Waals surface area (Å²) in [5, 5.41) is 5.17. The summed E-state index contributed by atoms with van der Waals surface area (Å²) in [7, 11) is 0. The molecular weight excluding hydrogens is 242 g/mol. The van der Waals surface area contributed by atoms with Crippen LogP contribution in [0.15, 0.2) is 18.3 Å². The predicted octanol–water partition coefficient (Wildman–Crippen LogP) is 2.68. The van der Waals surface area contributed by atoms with Crippen LogP contribution in [0.25, 0.3) is 5.65 Å². The van der Waals surface area contributed by atoms with Crippen LogP contribution in [-0.2, 0) is 6.42 Å². The van der Waals surface area contributed by atoms with Crippen molar-refractivity contribution < 1.29 is 0 Å². The number of rotatable bonds is 2. The molecule has 0 amide bonds. The zero-order valence-electron chi connectivity index (χ0n) is 8.77. The molecule has 1 aliphatic rings. The normalized spacial score (nSPS) is 20.7. The highest BCUT2D eigenvalue weighted by Crippen LogP contribution is 2.25. The van der Waals surface area contributed by atoms with E-state index in [1.165, 1.54) is 17.9 Å². The van der Waals surface area contributed by atoms with Gasteiger partial charge < -0.3 is 0 Å². The van der Waals surface area contributed by atoms with Gasteiger partial charge in [0.15, 0.2) is 11.5 Å². The van der Waals surface area contributed by atoms with Gasteiger partial charge in [-0.3, -0.25) is 0 Å². The molecule has 1 saturated heterocycles. The fourth-order valence-electron chi connectivity index (χ4n) is 1.99. The average molecular weight is 254 g/mol. The van der Waals surface area contributed by atoms with Crippen LogP contribution in [0, 0.1) is 5.92 Å². The van der Waals surface area contributed by atoms with E-state index in [-0.39, 0.29) is 0 Å². The molecule has 0 bridgehead atoms. The molecule has 3 heterocycles. The quantitative estimate of drug-likeness (QED) is 0.824. The van der Waals surface area contributed by atoms with E-state index in [9.17, 15) is 0 Å².